The molecule has 0 N–H and O–H groups in total. The highest BCUT2D eigenvalue weighted by Crippen LogP contribution is 2.85. The van der Waals surface area contributed by atoms with Crippen molar-refractivity contribution in [3.8, 4) is 0 Å². The molecular weight excluding hydrogens is 295 g/mol. The summed E-state index contributed by atoms with van der Waals surface area (Å²) >= 11 is 0. The number of rotatable bonds is 5. The lowest BCUT2D eigenvalue weighted by molar-refractivity contribution is -0.128. The van der Waals surface area contributed by atoms with Crippen molar-refractivity contribution in [3.05, 3.63) is 35.9 Å². The summed E-state index contributed by atoms with van der Waals surface area (Å²) in [5, 5.41) is 0.246. The maximum Gasteiger partial charge on any atom is 0.464 e. The normalized spacial score (nSPS) is 38.5. The zero-order valence-electron chi connectivity index (χ0n) is 15.9. The van der Waals surface area contributed by atoms with Crippen molar-refractivity contribution in [2.24, 2.45) is 5.92 Å². The van der Waals surface area contributed by atoms with Crippen molar-refractivity contribution in [2.45, 2.75) is 88.7 Å². The Kier molecular flexibility index (Phi) is 3.55. The van der Waals surface area contributed by atoms with Crippen molar-refractivity contribution in [3.63, 3.8) is 0 Å². The molecule has 3 saturated carbocycles. The Morgan fingerprint density at radius 3 is 2.12 bits per heavy atom. The van der Waals surface area contributed by atoms with Crippen molar-refractivity contribution < 1.29 is 9.31 Å². The Hall–Kier alpha value is -0.795. The lowest BCUT2D eigenvalue weighted by Crippen LogP contribution is -2.73. The van der Waals surface area contributed by atoms with E-state index in [1.165, 1.54) is 37.7 Å². The van der Waals surface area contributed by atoms with E-state index >= 15 is 0 Å². The van der Waals surface area contributed by atoms with Crippen LogP contribution in [0.5, 0.6) is 0 Å². The number of unbranched alkanes of at least 4 members (excludes halogenated alkanes) is 1. The Balaban J connectivity index is 1.60. The summed E-state index contributed by atoms with van der Waals surface area (Å²) in [6.45, 7) is 11.0. The minimum absolute atomic E-state index is 0.0325. The molecule has 1 aromatic carbocycles. The first-order valence-electron chi connectivity index (χ1n) is 9.69. The van der Waals surface area contributed by atoms with Gasteiger partial charge < -0.3 is 9.31 Å². The van der Waals surface area contributed by atoms with Gasteiger partial charge in [0.05, 0.1) is 11.2 Å². The minimum Gasteiger partial charge on any atom is -0.403 e. The Morgan fingerprint density at radius 2 is 1.58 bits per heavy atom. The summed E-state index contributed by atoms with van der Waals surface area (Å²) in [4.78, 5) is 0. The van der Waals surface area contributed by atoms with Crippen LogP contribution in [-0.2, 0) is 14.7 Å². The molecule has 2 nitrogen and oxygen atoms in total. The molecule has 0 radical (unpaired) electrons. The van der Waals surface area contributed by atoms with Gasteiger partial charge >= 0.3 is 7.12 Å². The minimum atomic E-state index is -0.220. The third-order valence-corrected chi connectivity index (χ3v) is 7.57. The van der Waals surface area contributed by atoms with E-state index in [-0.39, 0.29) is 23.6 Å². The molecule has 1 unspecified atom stereocenters. The highest BCUT2D eigenvalue weighted by molar-refractivity contribution is 6.51. The lowest BCUT2D eigenvalue weighted by atomic mass is 9.18. The molecule has 3 aliphatic carbocycles. The van der Waals surface area contributed by atoms with Gasteiger partial charge in [-0.25, -0.2) is 0 Å². The van der Waals surface area contributed by atoms with E-state index in [0.29, 0.717) is 11.3 Å². The van der Waals surface area contributed by atoms with Crippen molar-refractivity contribution in [1.82, 2.24) is 0 Å². The average Bonchev–Trinajstić information content (AvgIpc) is 2.67. The fourth-order valence-corrected chi connectivity index (χ4v) is 5.46. The van der Waals surface area contributed by atoms with Gasteiger partial charge in [-0.15, -0.1) is 0 Å². The molecule has 0 aromatic heterocycles. The Labute approximate surface area is 147 Å². The van der Waals surface area contributed by atoms with E-state index in [2.05, 4.69) is 65.0 Å². The summed E-state index contributed by atoms with van der Waals surface area (Å²) in [6.07, 6.45) is 6.33. The van der Waals surface area contributed by atoms with Crippen LogP contribution in [0.4, 0.5) is 0 Å². The third-order valence-electron chi connectivity index (χ3n) is 7.57. The Morgan fingerprint density at radius 1 is 1.00 bits per heavy atom. The summed E-state index contributed by atoms with van der Waals surface area (Å²) in [5.41, 5.74) is 1.48. The molecule has 24 heavy (non-hydrogen) atoms. The molecule has 1 aromatic rings. The molecule has 2 bridgehead atoms. The standard InChI is InChI=1S/C21H31BO2/c1-6-7-13-17-20(16-11-9-8-10-12-16)14-21(17,15-20)22-23-18(2,3)19(4,5)24-22/h8-12,17H,6-7,13-15H2,1-5H3. The molecule has 1 aliphatic heterocycles. The number of hydrogen-bond donors (Lipinski definition) is 0. The van der Waals surface area contributed by atoms with E-state index in [1.807, 2.05) is 0 Å². The van der Waals surface area contributed by atoms with Crippen LogP contribution in [0.1, 0.15) is 72.3 Å². The highest BCUT2D eigenvalue weighted by Gasteiger charge is 2.81. The van der Waals surface area contributed by atoms with E-state index in [4.69, 9.17) is 9.31 Å². The van der Waals surface area contributed by atoms with E-state index in [0.717, 1.165) is 0 Å². The van der Waals surface area contributed by atoms with Crippen LogP contribution in [0.15, 0.2) is 30.3 Å². The number of benzene rings is 1. The van der Waals surface area contributed by atoms with Gasteiger partial charge in [0.1, 0.15) is 0 Å². The van der Waals surface area contributed by atoms with E-state index in [1.54, 1.807) is 0 Å². The van der Waals surface area contributed by atoms with Crippen LogP contribution in [0.3, 0.4) is 0 Å². The van der Waals surface area contributed by atoms with Crippen molar-refractivity contribution in [2.75, 3.05) is 0 Å². The van der Waals surface area contributed by atoms with Gasteiger partial charge in [0, 0.05) is 5.31 Å². The van der Waals surface area contributed by atoms with Crippen LogP contribution >= 0.6 is 0 Å². The van der Waals surface area contributed by atoms with Gasteiger partial charge in [0.2, 0.25) is 0 Å². The Bertz CT molecular complexity index is 600. The van der Waals surface area contributed by atoms with Crippen LogP contribution in [0.25, 0.3) is 0 Å². The lowest BCUT2D eigenvalue weighted by Gasteiger charge is -2.77. The molecular formula is C21H31BO2. The summed E-state index contributed by atoms with van der Waals surface area (Å²) in [6, 6.07) is 11.2. The van der Waals surface area contributed by atoms with Gasteiger partial charge in [0.15, 0.2) is 0 Å². The highest BCUT2D eigenvalue weighted by atomic mass is 16.7. The molecule has 1 saturated heterocycles. The molecule has 1 heterocycles. The fourth-order valence-electron chi connectivity index (χ4n) is 5.46. The zero-order valence-corrected chi connectivity index (χ0v) is 15.9. The quantitative estimate of drug-likeness (QED) is 0.677. The molecule has 5 rings (SSSR count). The van der Waals surface area contributed by atoms with Crippen molar-refractivity contribution in [1.29, 1.82) is 0 Å². The molecule has 4 aliphatic rings. The van der Waals surface area contributed by atoms with Gasteiger partial charge in [-0.2, -0.15) is 0 Å². The van der Waals surface area contributed by atoms with Crippen LogP contribution in [0, 0.1) is 5.92 Å². The predicted molar refractivity (Wildman–Crippen MR) is 99.1 cm³/mol. The maximum absolute atomic E-state index is 6.48. The van der Waals surface area contributed by atoms with E-state index < -0.39 is 0 Å². The van der Waals surface area contributed by atoms with Gasteiger partial charge in [-0.05, 0) is 63.9 Å². The zero-order chi connectivity index (χ0) is 17.2. The second kappa shape index (κ2) is 5.11. The molecule has 0 spiro atoms. The molecule has 0 amide bonds. The van der Waals surface area contributed by atoms with E-state index in [9.17, 15) is 0 Å². The average molecular weight is 326 g/mol. The largest absolute Gasteiger partial charge is 0.464 e. The first-order chi connectivity index (χ1) is 11.3. The van der Waals surface area contributed by atoms with Gasteiger partial charge in [0.25, 0.3) is 0 Å². The molecule has 3 heteroatoms. The molecule has 130 valence electrons. The first-order valence-corrected chi connectivity index (χ1v) is 9.69. The number of hydrogen-bond acceptors (Lipinski definition) is 2. The van der Waals surface area contributed by atoms with Crippen molar-refractivity contribution >= 4 is 7.12 Å². The third kappa shape index (κ3) is 1.98. The fraction of sp³-hybridized carbons (Fsp3) is 0.714. The monoisotopic (exact) mass is 326 g/mol. The topological polar surface area (TPSA) is 18.5 Å². The molecule has 4 fully saturated rings. The summed E-state index contributed by atoms with van der Waals surface area (Å²) in [7, 11) is -0.0325. The summed E-state index contributed by atoms with van der Waals surface area (Å²) < 4.78 is 13.0. The SMILES string of the molecule is CCCCC1C2(B3OC(C)(C)C(C)(C)O3)CC1(c1ccccc1)C2. The smallest absolute Gasteiger partial charge is 0.403 e. The first kappa shape index (κ1) is 16.7. The van der Waals surface area contributed by atoms with Gasteiger partial charge in [-0.1, -0.05) is 50.1 Å². The van der Waals surface area contributed by atoms with Gasteiger partial charge in [-0.3, -0.25) is 0 Å². The predicted octanol–water partition coefficient (Wildman–Crippen LogP) is 5.37. The maximum atomic E-state index is 6.48. The molecule has 1 atom stereocenters. The second-order valence-corrected chi connectivity index (χ2v) is 9.39. The second-order valence-electron chi connectivity index (χ2n) is 9.39. The summed E-state index contributed by atoms with van der Waals surface area (Å²) in [5.74, 6) is 0.710. The van der Waals surface area contributed by atoms with Crippen LogP contribution in [-0.4, -0.2) is 18.3 Å². The van der Waals surface area contributed by atoms with Crippen LogP contribution in [0.2, 0.25) is 5.31 Å². The van der Waals surface area contributed by atoms with Crippen LogP contribution < -0.4 is 0 Å².